The molecule has 2 aromatic heterocycles. The monoisotopic (exact) mass is 1020 g/mol. The average Bonchev–Trinajstić information content (AvgIpc) is 3.46. The van der Waals surface area contributed by atoms with Crippen LogP contribution in [0.15, 0.2) is 218 Å². The Hall–Kier alpha value is -10.7. The Morgan fingerprint density at radius 3 is 0.870 bits per heavy atom. The van der Waals surface area contributed by atoms with Crippen LogP contribution in [0.25, 0.3) is 0 Å². The lowest BCUT2D eigenvalue weighted by Crippen LogP contribution is -2.16. The van der Waals surface area contributed by atoms with E-state index < -0.39 is 11.9 Å². The third-order valence-electron chi connectivity index (χ3n) is 11.5. The van der Waals surface area contributed by atoms with Crippen LogP contribution in [0.1, 0.15) is 34.6 Å². The number of esters is 2. The minimum Gasteiger partial charge on any atom is -0.462 e. The van der Waals surface area contributed by atoms with Gasteiger partial charge in [-0.3, -0.25) is 9.80 Å². The van der Waals surface area contributed by atoms with Gasteiger partial charge in [-0.05, 0) is 159 Å². The van der Waals surface area contributed by atoms with E-state index in [0.717, 1.165) is 22.7 Å². The predicted molar refractivity (Wildman–Crippen MR) is 300 cm³/mol. The Morgan fingerprint density at radius 1 is 0.351 bits per heavy atom. The third-order valence-corrected chi connectivity index (χ3v) is 11.5. The van der Waals surface area contributed by atoms with Crippen molar-refractivity contribution in [2.24, 2.45) is 0 Å². The quantitative estimate of drug-likeness (QED) is 0.0526. The minimum absolute atomic E-state index is 0.268. The zero-order chi connectivity index (χ0) is 52.8. The molecule has 10 aromatic rings. The largest absolute Gasteiger partial charge is 0.462 e. The molecule has 0 fully saturated rings. The third kappa shape index (κ3) is 12.8. The molecular formula is C60H50N12O5. The first-order valence-corrected chi connectivity index (χ1v) is 24.7. The van der Waals surface area contributed by atoms with E-state index in [4.69, 9.17) is 44.1 Å². The van der Waals surface area contributed by atoms with Crippen molar-refractivity contribution in [2.45, 2.75) is 13.8 Å². The summed E-state index contributed by atoms with van der Waals surface area (Å²) in [4.78, 5) is 57.7. The highest BCUT2D eigenvalue weighted by Crippen LogP contribution is 2.36. The lowest BCUT2D eigenvalue weighted by molar-refractivity contribution is 0.0517. The molecule has 10 rings (SSSR count). The number of carbonyl (C=O) groups is 2. The average molecular weight is 1020 g/mol. The van der Waals surface area contributed by atoms with Crippen molar-refractivity contribution < 1.29 is 23.8 Å². The molecule has 0 atom stereocenters. The number of carbonyl (C=O) groups excluding carboxylic acids is 2. The first kappa shape index (κ1) is 49.9. The van der Waals surface area contributed by atoms with Crippen LogP contribution in [-0.4, -0.2) is 55.1 Å². The van der Waals surface area contributed by atoms with Gasteiger partial charge in [-0.2, -0.15) is 29.9 Å². The summed E-state index contributed by atoms with van der Waals surface area (Å²) in [5.41, 5.74) is 6.96. The zero-order valence-electron chi connectivity index (χ0n) is 41.8. The lowest BCUT2D eigenvalue weighted by atomic mass is 10.2. The van der Waals surface area contributed by atoms with E-state index in [1.807, 2.05) is 180 Å². The molecule has 0 aliphatic heterocycles. The fourth-order valence-corrected chi connectivity index (χ4v) is 7.89. The minimum atomic E-state index is -0.401. The second kappa shape index (κ2) is 23.9. The molecule has 0 aliphatic rings. The van der Waals surface area contributed by atoms with Crippen molar-refractivity contribution >= 4 is 93.1 Å². The fraction of sp³-hybridized carbons (Fsp3) is 0.0667. The van der Waals surface area contributed by atoms with E-state index in [0.29, 0.717) is 57.3 Å². The van der Waals surface area contributed by atoms with Crippen molar-refractivity contribution in [1.29, 1.82) is 0 Å². The molecule has 4 N–H and O–H groups in total. The van der Waals surface area contributed by atoms with Crippen LogP contribution in [0.4, 0.5) is 81.2 Å². The number of hydrogen-bond acceptors (Lipinski definition) is 17. The number of ether oxygens (including phenoxy) is 3. The fourth-order valence-electron chi connectivity index (χ4n) is 7.89. The van der Waals surface area contributed by atoms with Crippen molar-refractivity contribution in [3.63, 3.8) is 0 Å². The molecule has 8 aromatic carbocycles. The maximum atomic E-state index is 12.4. The highest BCUT2D eigenvalue weighted by atomic mass is 16.5. The molecule has 0 saturated carbocycles. The van der Waals surface area contributed by atoms with Crippen LogP contribution >= 0.6 is 0 Å². The summed E-state index contributed by atoms with van der Waals surface area (Å²) >= 11 is 0. The number of nitrogens with one attached hydrogen (secondary N) is 4. The van der Waals surface area contributed by atoms with Gasteiger partial charge < -0.3 is 35.5 Å². The molecule has 0 amide bonds. The first-order chi connectivity index (χ1) is 37.8. The van der Waals surface area contributed by atoms with Crippen molar-refractivity contribution in [2.75, 3.05) is 44.3 Å². The number of rotatable bonds is 20. The van der Waals surface area contributed by atoms with Gasteiger partial charge in [-0.1, -0.05) is 72.8 Å². The Kier molecular flexibility index (Phi) is 15.5. The topological polar surface area (TPSA) is 194 Å². The smallest absolute Gasteiger partial charge is 0.338 e. The molecule has 0 unspecified atom stereocenters. The molecule has 0 spiro atoms. The summed E-state index contributed by atoms with van der Waals surface area (Å²) in [6.45, 7) is 4.10. The summed E-state index contributed by atoms with van der Waals surface area (Å²) in [5, 5.41) is 13.3. The molecule has 0 saturated heterocycles. The number of nitrogens with zero attached hydrogens (tertiary/aromatic N) is 8. The van der Waals surface area contributed by atoms with Crippen molar-refractivity contribution in [3.05, 3.63) is 230 Å². The molecule has 17 heteroatoms. The summed E-state index contributed by atoms with van der Waals surface area (Å²) in [6.07, 6.45) is 0. The summed E-state index contributed by atoms with van der Waals surface area (Å²) < 4.78 is 16.6. The molecule has 77 heavy (non-hydrogen) atoms. The molecule has 17 nitrogen and oxygen atoms in total. The van der Waals surface area contributed by atoms with Crippen LogP contribution in [0.2, 0.25) is 0 Å². The number of aromatic nitrogens is 6. The maximum Gasteiger partial charge on any atom is 0.338 e. The Labute approximate surface area is 444 Å². The normalized spacial score (nSPS) is 10.7. The van der Waals surface area contributed by atoms with Gasteiger partial charge >= 0.3 is 11.9 Å². The molecule has 380 valence electrons. The van der Waals surface area contributed by atoms with E-state index >= 15 is 0 Å². The highest BCUT2D eigenvalue weighted by molar-refractivity contribution is 5.90. The summed E-state index contributed by atoms with van der Waals surface area (Å²) in [6, 6.07) is 68.0. The van der Waals surface area contributed by atoms with E-state index in [-0.39, 0.29) is 37.0 Å². The van der Waals surface area contributed by atoms with Gasteiger partial charge in [0.25, 0.3) is 0 Å². The van der Waals surface area contributed by atoms with Gasteiger partial charge in [0, 0.05) is 45.5 Å². The second-order valence-electron chi connectivity index (χ2n) is 16.8. The van der Waals surface area contributed by atoms with Gasteiger partial charge in [0.1, 0.15) is 11.5 Å². The predicted octanol–water partition coefficient (Wildman–Crippen LogP) is 14.1. The van der Waals surface area contributed by atoms with Crippen LogP contribution in [0.5, 0.6) is 11.5 Å². The lowest BCUT2D eigenvalue weighted by Gasteiger charge is -2.24. The Morgan fingerprint density at radius 2 is 0.610 bits per heavy atom. The van der Waals surface area contributed by atoms with E-state index in [2.05, 4.69) is 21.3 Å². The van der Waals surface area contributed by atoms with Gasteiger partial charge in [0.15, 0.2) is 0 Å². The van der Waals surface area contributed by atoms with Crippen molar-refractivity contribution in [3.8, 4) is 11.5 Å². The zero-order valence-corrected chi connectivity index (χ0v) is 41.8. The Bertz CT molecular complexity index is 3230. The first-order valence-electron chi connectivity index (χ1n) is 24.7. The Balaban J connectivity index is 0.878. The van der Waals surface area contributed by atoms with Gasteiger partial charge in [-0.25, -0.2) is 9.59 Å². The van der Waals surface area contributed by atoms with Gasteiger partial charge in [-0.15, -0.1) is 0 Å². The van der Waals surface area contributed by atoms with E-state index in [1.54, 1.807) is 62.4 Å². The van der Waals surface area contributed by atoms with E-state index in [1.165, 1.54) is 0 Å². The maximum absolute atomic E-state index is 12.4. The van der Waals surface area contributed by atoms with Gasteiger partial charge in [0.2, 0.25) is 35.7 Å². The molecule has 2 heterocycles. The SMILES string of the molecule is CCOC(=O)c1ccc(Nc2nc(Nc3ccc(Oc4ccc(Nc5nc(Nc6ccc(C(=O)OCC)cc6)nc(N(c6ccccc6)c6ccccc6)n5)cc4)cc3)nc(N(c3ccccc3)c3ccccc3)n2)cc1. The molecule has 0 radical (unpaired) electrons. The van der Waals surface area contributed by atoms with Crippen LogP contribution < -0.4 is 35.8 Å². The molecule has 0 bridgehead atoms. The molecular weight excluding hydrogens is 969 g/mol. The summed E-state index contributed by atoms with van der Waals surface area (Å²) in [7, 11) is 0. The number of hydrogen-bond donors (Lipinski definition) is 4. The highest BCUT2D eigenvalue weighted by Gasteiger charge is 2.21. The van der Waals surface area contributed by atoms with E-state index in [9.17, 15) is 9.59 Å². The van der Waals surface area contributed by atoms with Gasteiger partial charge in [0.05, 0.1) is 24.3 Å². The van der Waals surface area contributed by atoms with Crippen LogP contribution in [0, 0.1) is 0 Å². The number of benzene rings is 8. The van der Waals surface area contributed by atoms with Crippen LogP contribution in [-0.2, 0) is 9.47 Å². The number of anilines is 14. The molecule has 0 aliphatic carbocycles. The summed E-state index contributed by atoms with van der Waals surface area (Å²) in [5.74, 6) is 2.19. The van der Waals surface area contributed by atoms with Crippen molar-refractivity contribution in [1.82, 2.24) is 29.9 Å². The second-order valence-corrected chi connectivity index (χ2v) is 16.8. The van der Waals surface area contributed by atoms with Crippen LogP contribution in [0.3, 0.4) is 0 Å². The standard InChI is InChI=1S/C60H50N12O5/c1-3-75-53(73)41-25-29-43(30-26-41)61-55-65-57(69-59(67-55)71(47-17-9-5-10-18-47)48-19-11-6-12-20-48)63-45-33-37-51(38-34-45)77-52-39-35-46(36-40-52)64-58-66-56(62-44-31-27-42(28-32-44)54(74)76-4-2)68-60(70-58)72(49-21-13-7-14-22-49)50-23-15-8-16-24-50/h5-40H,3-4H2,1-2H3,(H2,61,63,65,67,69)(H2,62,64,66,68,70). The number of para-hydroxylation sites is 4.